The third-order valence-corrected chi connectivity index (χ3v) is 6.13. The van der Waals surface area contributed by atoms with E-state index in [9.17, 15) is 13.2 Å². The van der Waals surface area contributed by atoms with E-state index < -0.39 is 16.1 Å². The molecule has 7 nitrogen and oxygen atoms in total. The lowest BCUT2D eigenvalue weighted by Crippen LogP contribution is -2.32. The highest BCUT2D eigenvalue weighted by Gasteiger charge is 2.22. The molecule has 0 spiro atoms. The molecule has 0 aliphatic rings. The van der Waals surface area contributed by atoms with Crippen molar-refractivity contribution in [1.29, 1.82) is 0 Å². The van der Waals surface area contributed by atoms with Crippen molar-refractivity contribution in [1.82, 2.24) is 4.31 Å². The van der Waals surface area contributed by atoms with Gasteiger partial charge in [-0.1, -0.05) is 23.7 Å². The third-order valence-electron chi connectivity index (χ3n) is 3.83. The summed E-state index contributed by atoms with van der Waals surface area (Å²) in [5.74, 6) is 0.277. The van der Waals surface area contributed by atoms with Crippen molar-refractivity contribution in [2.45, 2.75) is 17.9 Å². The predicted molar refractivity (Wildman–Crippen MR) is 107 cm³/mol. The van der Waals surface area contributed by atoms with Crippen LogP contribution in [0.25, 0.3) is 0 Å². The summed E-state index contributed by atoms with van der Waals surface area (Å²) < 4.78 is 31.0. The van der Waals surface area contributed by atoms with E-state index in [4.69, 9.17) is 16.3 Å². The first-order valence-corrected chi connectivity index (χ1v) is 9.91. The normalized spacial score (nSPS) is 12.5. The Morgan fingerprint density at radius 2 is 1.85 bits per heavy atom. The number of hydrogen-bond acceptors (Lipinski definition) is 5. The molecule has 0 saturated heterocycles. The van der Waals surface area contributed by atoms with Crippen LogP contribution < -0.4 is 15.4 Å². The van der Waals surface area contributed by atoms with E-state index in [2.05, 4.69) is 10.6 Å². The van der Waals surface area contributed by atoms with E-state index in [-0.39, 0.29) is 15.8 Å². The second-order valence-electron chi connectivity index (χ2n) is 5.99. The molecule has 0 aliphatic carbocycles. The zero-order valence-electron chi connectivity index (χ0n) is 15.5. The van der Waals surface area contributed by atoms with Crippen LogP contribution in [0.15, 0.2) is 47.4 Å². The Labute approximate surface area is 164 Å². The van der Waals surface area contributed by atoms with Gasteiger partial charge in [0.25, 0.3) is 0 Å². The van der Waals surface area contributed by atoms with Crippen molar-refractivity contribution in [2.75, 3.05) is 31.8 Å². The van der Waals surface area contributed by atoms with Crippen LogP contribution in [-0.4, -0.2) is 45.9 Å². The second kappa shape index (κ2) is 8.60. The van der Waals surface area contributed by atoms with Gasteiger partial charge in [-0.25, -0.2) is 12.7 Å². The van der Waals surface area contributed by atoms with Crippen molar-refractivity contribution in [3.8, 4) is 5.75 Å². The fourth-order valence-corrected chi connectivity index (χ4v) is 3.68. The zero-order valence-corrected chi connectivity index (χ0v) is 17.1. The highest BCUT2D eigenvalue weighted by atomic mass is 35.5. The Bertz CT molecular complexity index is 932. The first-order chi connectivity index (χ1) is 12.7. The number of methoxy groups -OCH3 is 1. The van der Waals surface area contributed by atoms with E-state index in [1.165, 1.54) is 26.2 Å². The van der Waals surface area contributed by atoms with Crippen LogP contribution in [0.4, 0.5) is 11.4 Å². The first kappa shape index (κ1) is 21.0. The topological polar surface area (TPSA) is 87.7 Å². The second-order valence-corrected chi connectivity index (χ2v) is 8.52. The van der Waals surface area contributed by atoms with E-state index in [0.29, 0.717) is 17.1 Å². The van der Waals surface area contributed by atoms with Gasteiger partial charge in [-0.05, 0) is 37.3 Å². The van der Waals surface area contributed by atoms with Crippen LogP contribution in [0.3, 0.4) is 0 Å². The number of carbonyl (C=O) groups is 1. The summed E-state index contributed by atoms with van der Waals surface area (Å²) in [7, 11) is 0.647. The maximum Gasteiger partial charge on any atom is 0.246 e. The van der Waals surface area contributed by atoms with Gasteiger partial charge in [0.1, 0.15) is 16.7 Å². The third kappa shape index (κ3) is 4.91. The minimum atomic E-state index is -3.73. The van der Waals surface area contributed by atoms with Crippen molar-refractivity contribution < 1.29 is 17.9 Å². The molecule has 0 saturated carbocycles. The number of para-hydroxylation sites is 2. The number of carbonyl (C=O) groups excluding carboxylic acids is 1. The first-order valence-electron chi connectivity index (χ1n) is 8.09. The summed E-state index contributed by atoms with van der Waals surface area (Å²) in [5, 5.41) is 5.85. The SMILES string of the molecule is COc1ccccc1N[C@@H](C)C(=O)Nc1ccc(Cl)c(S(=O)(=O)N(C)C)c1. The summed E-state index contributed by atoms with van der Waals surface area (Å²) in [6, 6.07) is 11.0. The van der Waals surface area contributed by atoms with Crippen molar-refractivity contribution >= 4 is 38.9 Å². The van der Waals surface area contributed by atoms with E-state index >= 15 is 0 Å². The lowest BCUT2D eigenvalue weighted by molar-refractivity contribution is -0.116. The highest BCUT2D eigenvalue weighted by molar-refractivity contribution is 7.89. The summed E-state index contributed by atoms with van der Waals surface area (Å²) in [5.41, 5.74) is 1.01. The fraction of sp³-hybridized carbons (Fsp3) is 0.278. The Morgan fingerprint density at radius 3 is 2.48 bits per heavy atom. The predicted octanol–water partition coefficient (Wildman–Crippen LogP) is 3.04. The lowest BCUT2D eigenvalue weighted by Gasteiger charge is -2.18. The van der Waals surface area contributed by atoms with Gasteiger partial charge in [-0.3, -0.25) is 4.79 Å². The molecular weight excluding hydrogens is 390 g/mol. The Morgan fingerprint density at radius 1 is 1.19 bits per heavy atom. The minimum absolute atomic E-state index is 0.0719. The molecule has 27 heavy (non-hydrogen) atoms. The van der Waals surface area contributed by atoms with Gasteiger partial charge in [-0.15, -0.1) is 0 Å². The molecule has 2 N–H and O–H groups in total. The number of anilines is 2. The minimum Gasteiger partial charge on any atom is -0.495 e. The Kier molecular flexibility index (Phi) is 6.69. The number of benzene rings is 2. The molecule has 0 radical (unpaired) electrons. The van der Waals surface area contributed by atoms with Crippen LogP contribution in [0.1, 0.15) is 6.92 Å². The molecule has 2 aromatic carbocycles. The molecule has 1 atom stereocenters. The van der Waals surface area contributed by atoms with Crippen molar-refractivity contribution in [2.24, 2.45) is 0 Å². The largest absolute Gasteiger partial charge is 0.495 e. The van der Waals surface area contributed by atoms with Gasteiger partial charge in [0, 0.05) is 19.8 Å². The lowest BCUT2D eigenvalue weighted by atomic mass is 10.2. The van der Waals surface area contributed by atoms with Crippen LogP contribution in [0.5, 0.6) is 5.75 Å². The summed E-state index contributed by atoms with van der Waals surface area (Å²) in [4.78, 5) is 12.4. The average Bonchev–Trinajstić information content (AvgIpc) is 2.63. The Balaban J connectivity index is 2.18. The van der Waals surface area contributed by atoms with E-state index in [1.54, 1.807) is 32.2 Å². The number of halogens is 1. The number of rotatable bonds is 7. The number of nitrogens with one attached hydrogen (secondary N) is 2. The Hall–Kier alpha value is -2.29. The van der Waals surface area contributed by atoms with E-state index in [0.717, 1.165) is 4.31 Å². The molecule has 2 rings (SSSR count). The summed E-state index contributed by atoms with van der Waals surface area (Å²) in [6.07, 6.45) is 0. The smallest absolute Gasteiger partial charge is 0.246 e. The molecule has 146 valence electrons. The van der Waals surface area contributed by atoms with Crippen LogP contribution in [-0.2, 0) is 14.8 Å². The fourth-order valence-electron chi connectivity index (χ4n) is 2.29. The molecular formula is C18H22ClN3O4S. The molecule has 1 amide bonds. The maximum atomic E-state index is 12.5. The number of hydrogen-bond donors (Lipinski definition) is 2. The molecule has 0 bridgehead atoms. The van der Waals surface area contributed by atoms with Gasteiger partial charge in [0.2, 0.25) is 15.9 Å². The van der Waals surface area contributed by atoms with Crippen LogP contribution in [0.2, 0.25) is 5.02 Å². The molecule has 2 aromatic rings. The molecule has 0 aromatic heterocycles. The number of sulfonamides is 1. The highest BCUT2D eigenvalue weighted by Crippen LogP contribution is 2.27. The maximum absolute atomic E-state index is 12.5. The number of nitrogens with zero attached hydrogens (tertiary/aromatic N) is 1. The van der Waals surface area contributed by atoms with Gasteiger partial charge >= 0.3 is 0 Å². The monoisotopic (exact) mass is 411 g/mol. The summed E-state index contributed by atoms with van der Waals surface area (Å²) in [6.45, 7) is 1.69. The molecule has 0 unspecified atom stereocenters. The van der Waals surface area contributed by atoms with Crippen molar-refractivity contribution in [3.05, 3.63) is 47.5 Å². The van der Waals surface area contributed by atoms with Gasteiger partial charge in [0.15, 0.2) is 0 Å². The standard InChI is InChI=1S/C18H22ClN3O4S/c1-12(20-15-7-5-6-8-16(15)26-4)18(23)21-13-9-10-14(19)17(11-13)27(24,25)22(2)3/h5-12,20H,1-4H3,(H,21,23)/t12-/m0/s1. The van der Waals surface area contributed by atoms with Crippen molar-refractivity contribution in [3.63, 3.8) is 0 Å². The quantitative estimate of drug-likeness (QED) is 0.731. The molecule has 0 heterocycles. The zero-order chi connectivity index (χ0) is 20.2. The molecule has 0 fully saturated rings. The average molecular weight is 412 g/mol. The van der Waals surface area contributed by atoms with Crippen LogP contribution in [0, 0.1) is 0 Å². The molecule has 9 heteroatoms. The number of amides is 1. The summed E-state index contributed by atoms with van der Waals surface area (Å²) >= 11 is 6.02. The van der Waals surface area contributed by atoms with E-state index in [1.807, 2.05) is 12.1 Å². The van der Waals surface area contributed by atoms with Gasteiger partial charge in [0.05, 0.1) is 17.8 Å². The van der Waals surface area contributed by atoms with Crippen LogP contribution >= 0.6 is 11.6 Å². The number of ether oxygens (including phenoxy) is 1. The van der Waals surface area contributed by atoms with Gasteiger partial charge < -0.3 is 15.4 Å². The molecule has 0 aliphatic heterocycles. The van der Waals surface area contributed by atoms with Gasteiger partial charge in [-0.2, -0.15) is 0 Å².